The fourth-order valence-corrected chi connectivity index (χ4v) is 2.70. The molecule has 8 heteroatoms. The van der Waals surface area contributed by atoms with E-state index in [0.717, 1.165) is 34.8 Å². The van der Waals surface area contributed by atoms with Crippen molar-refractivity contribution in [2.24, 2.45) is 5.73 Å². The molecule has 0 unspecified atom stereocenters. The maximum absolute atomic E-state index is 12.3. The number of benzene rings is 1. The summed E-state index contributed by atoms with van der Waals surface area (Å²) in [6, 6.07) is 9.19. The fraction of sp³-hybridized carbons (Fsp3) is 0.571. The van der Waals surface area contributed by atoms with Crippen LogP contribution in [0.5, 0.6) is 0 Å². The summed E-state index contributed by atoms with van der Waals surface area (Å²) in [7, 11) is 1.38. The summed E-state index contributed by atoms with van der Waals surface area (Å²) < 4.78 is 5.21. The first-order chi connectivity index (χ1) is 14.0. The third kappa shape index (κ3) is 9.94. The van der Waals surface area contributed by atoms with Gasteiger partial charge in [0.15, 0.2) is 0 Å². The van der Waals surface area contributed by atoms with Crippen LogP contribution in [0.1, 0.15) is 51.0 Å². The molecule has 3 N–H and O–H groups in total. The normalized spacial score (nSPS) is 10.3. The lowest BCUT2D eigenvalue weighted by molar-refractivity contribution is -0.147. The van der Waals surface area contributed by atoms with E-state index in [9.17, 15) is 14.4 Å². The summed E-state index contributed by atoms with van der Waals surface area (Å²) in [6.45, 7) is 2.17. The Kier molecular flexibility index (Phi) is 12.1. The monoisotopic (exact) mass is 406 g/mol. The Morgan fingerprint density at radius 3 is 2.34 bits per heavy atom. The molecule has 29 heavy (non-hydrogen) atoms. The van der Waals surface area contributed by atoms with E-state index < -0.39 is 12.0 Å². The van der Waals surface area contributed by atoms with Crippen molar-refractivity contribution in [2.75, 3.05) is 26.7 Å². The second-order valence-electron chi connectivity index (χ2n) is 6.84. The van der Waals surface area contributed by atoms with E-state index in [1.807, 2.05) is 30.3 Å². The molecule has 0 heterocycles. The Morgan fingerprint density at radius 1 is 1.03 bits per heavy atom. The Labute approximate surface area is 173 Å². The Balaban J connectivity index is 2.45. The van der Waals surface area contributed by atoms with Gasteiger partial charge in [0.2, 0.25) is 5.91 Å². The highest BCUT2D eigenvalue weighted by molar-refractivity contribution is 5.86. The zero-order valence-corrected chi connectivity index (χ0v) is 17.6. The summed E-state index contributed by atoms with van der Waals surface area (Å²) in [5.41, 5.74) is 6.25. The Morgan fingerprint density at radius 2 is 1.69 bits per heavy atom. The molecule has 0 aliphatic heterocycles. The van der Waals surface area contributed by atoms with Crippen LogP contribution in [-0.4, -0.2) is 54.6 Å². The number of unbranched alkanes of at least 4 members (excludes halogenated alkanes) is 5. The molecule has 3 amide bonds. The number of carbonyl (C=O) groups excluding carboxylic acids is 3. The van der Waals surface area contributed by atoms with Crippen LogP contribution < -0.4 is 11.1 Å². The van der Waals surface area contributed by atoms with Crippen LogP contribution in [0.2, 0.25) is 0 Å². The molecule has 0 aliphatic rings. The molecule has 0 aromatic heterocycles. The van der Waals surface area contributed by atoms with E-state index in [1.54, 1.807) is 0 Å². The van der Waals surface area contributed by atoms with Gasteiger partial charge in [-0.15, -0.1) is 0 Å². The first-order valence-corrected chi connectivity index (χ1v) is 10.2. The molecule has 0 fully saturated rings. The molecule has 1 aromatic rings. The maximum atomic E-state index is 12.3. The Hall–Kier alpha value is -2.61. The van der Waals surface area contributed by atoms with E-state index in [1.165, 1.54) is 26.3 Å². The van der Waals surface area contributed by atoms with Gasteiger partial charge in [0.25, 0.3) is 5.91 Å². The van der Waals surface area contributed by atoms with Gasteiger partial charge in [0.05, 0.1) is 6.54 Å². The standard InChI is InChI=1S/C21H34N4O4/c1-3-4-5-6-7-11-14-23-19(26)16-25(20(27)15-22)24(2)21(28)29-17-18-12-9-8-10-13-18/h8-10,12-13H,3-7,11,14-17,22H2,1-2H3,(H,23,26). The van der Waals surface area contributed by atoms with E-state index >= 15 is 0 Å². The summed E-state index contributed by atoms with van der Waals surface area (Å²) in [4.78, 5) is 36.6. The van der Waals surface area contributed by atoms with Crippen LogP contribution in [0.4, 0.5) is 4.79 Å². The molecule has 1 aromatic carbocycles. The molecule has 0 bridgehead atoms. The Bertz CT molecular complexity index is 624. The molecular formula is C21H34N4O4. The molecule has 0 radical (unpaired) electrons. The molecule has 0 aliphatic carbocycles. The minimum absolute atomic E-state index is 0.0683. The number of hydrogen-bond acceptors (Lipinski definition) is 5. The molecule has 0 atom stereocenters. The second-order valence-corrected chi connectivity index (χ2v) is 6.84. The average molecular weight is 407 g/mol. The molecule has 0 saturated carbocycles. The first kappa shape index (κ1) is 24.4. The predicted octanol–water partition coefficient (Wildman–Crippen LogP) is 2.43. The van der Waals surface area contributed by atoms with Gasteiger partial charge in [-0.3, -0.25) is 9.59 Å². The average Bonchev–Trinajstić information content (AvgIpc) is 2.74. The van der Waals surface area contributed by atoms with Gasteiger partial charge in [-0.1, -0.05) is 69.4 Å². The lowest BCUT2D eigenvalue weighted by atomic mass is 10.1. The van der Waals surface area contributed by atoms with Gasteiger partial charge in [-0.25, -0.2) is 14.8 Å². The van der Waals surface area contributed by atoms with Crippen molar-refractivity contribution in [2.45, 2.75) is 52.1 Å². The highest BCUT2D eigenvalue weighted by Gasteiger charge is 2.25. The second kappa shape index (κ2) is 14.4. The third-order valence-electron chi connectivity index (χ3n) is 4.44. The van der Waals surface area contributed by atoms with Crippen molar-refractivity contribution >= 4 is 17.9 Å². The number of ether oxygens (including phenoxy) is 1. The summed E-state index contributed by atoms with van der Waals surface area (Å²) in [6.07, 6.45) is 5.99. The van der Waals surface area contributed by atoms with Crippen molar-refractivity contribution in [3.63, 3.8) is 0 Å². The third-order valence-corrected chi connectivity index (χ3v) is 4.44. The van der Waals surface area contributed by atoms with Crippen LogP contribution >= 0.6 is 0 Å². The predicted molar refractivity (Wildman–Crippen MR) is 112 cm³/mol. The maximum Gasteiger partial charge on any atom is 0.428 e. The van der Waals surface area contributed by atoms with E-state index in [-0.39, 0.29) is 25.6 Å². The zero-order valence-electron chi connectivity index (χ0n) is 17.6. The molecular weight excluding hydrogens is 372 g/mol. The summed E-state index contributed by atoms with van der Waals surface area (Å²) >= 11 is 0. The van der Waals surface area contributed by atoms with Gasteiger partial charge in [0.1, 0.15) is 13.2 Å². The number of hydrogen-bond donors (Lipinski definition) is 2. The van der Waals surface area contributed by atoms with Gasteiger partial charge >= 0.3 is 6.09 Å². The van der Waals surface area contributed by atoms with Crippen molar-refractivity contribution in [1.82, 2.24) is 15.3 Å². The minimum Gasteiger partial charge on any atom is -0.443 e. The number of carbonyl (C=O) groups is 3. The summed E-state index contributed by atoms with van der Waals surface area (Å²) in [5.74, 6) is -0.887. The number of nitrogens with one attached hydrogen (secondary N) is 1. The minimum atomic E-state index is -0.737. The molecule has 0 saturated heterocycles. The van der Waals surface area contributed by atoms with Crippen molar-refractivity contribution in [3.05, 3.63) is 35.9 Å². The van der Waals surface area contributed by atoms with Gasteiger partial charge < -0.3 is 15.8 Å². The highest BCUT2D eigenvalue weighted by atomic mass is 16.6. The molecule has 162 valence electrons. The quantitative estimate of drug-likeness (QED) is 0.410. The lowest BCUT2D eigenvalue weighted by Gasteiger charge is -2.30. The van der Waals surface area contributed by atoms with Crippen LogP contribution in [-0.2, 0) is 20.9 Å². The smallest absolute Gasteiger partial charge is 0.428 e. The zero-order chi connectivity index (χ0) is 21.5. The van der Waals surface area contributed by atoms with Gasteiger partial charge in [-0.2, -0.15) is 0 Å². The topological polar surface area (TPSA) is 105 Å². The number of nitrogens with zero attached hydrogens (tertiary/aromatic N) is 2. The number of rotatable bonds is 12. The molecule has 1 rings (SSSR count). The number of hydrazine groups is 1. The van der Waals surface area contributed by atoms with Crippen LogP contribution in [0.3, 0.4) is 0 Å². The number of nitrogens with two attached hydrogens (primary N) is 1. The largest absolute Gasteiger partial charge is 0.443 e. The van der Waals surface area contributed by atoms with Crippen LogP contribution in [0.15, 0.2) is 30.3 Å². The van der Waals surface area contributed by atoms with Gasteiger partial charge in [0, 0.05) is 13.6 Å². The van der Waals surface area contributed by atoms with Crippen molar-refractivity contribution in [3.8, 4) is 0 Å². The van der Waals surface area contributed by atoms with Crippen molar-refractivity contribution < 1.29 is 19.1 Å². The van der Waals surface area contributed by atoms with E-state index in [4.69, 9.17) is 10.5 Å². The van der Waals surface area contributed by atoms with E-state index in [2.05, 4.69) is 12.2 Å². The van der Waals surface area contributed by atoms with Crippen LogP contribution in [0.25, 0.3) is 0 Å². The lowest BCUT2D eigenvalue weighted by Crippen LogP contribution is -2.53. The number of amides is 3. The van der Waals surface area contributed by atoms with Gasteiger partial charge in [-0.05, 0) is 12.0 Å². The highest BCUT2D eigenvalue weighted by Crippen LogP contribution is 2.06. The van der Waals surface area contributed by atoms with Crippen molar-refractivity contribution in [1.29, 1.82) is 0 Å². The first-order valence-electron chi connectivity index (χ1n) is 10.2. The molecule has 0 spiro atoms. The van der Waals surface area contributed by atoms with E-state index in [0.29, 0.717) is 6.54 Å². The summed E-state index contributed by atoms with van der Waals surface area (Å²) in [5, 5.41) is 4.77. The molecule has 8 nitrogen and oxygen atoms in total. The van der Waals surface area contributed by atoms with Crippen LogP contribution in [0, 0.1) is 0 Å². The fourth-order valence-electron chi connectivity index (χ4n) is 2.70. The SMILES string of the molecule is CCCCCCCCNC(=O)CN(C(=O)CN)N(C)C(=O)OCc1ccccc1.